The van der Waals surface area contributed by atoms with Gasteiger partial charge in [-0.15, -0.1) is 0 Å². The molecule has 5 heteroatoms. The Morgan fingerprint density at radius 2 is 1.58 bits per heavy atom. The summed E-state index contributed by atoms with van der Waals surface area (Å²) >= 11 is 0. The van der Waals surface area contributed by atoms with Crippen LogP contribution in [-0.4, -0.2) is 25.2 Å². The van der Waals surface area contributed by atoms with E-state index in [1.165, 1.54) is 0 Å². The van der Waals surface area contributed by atoms with Crippen LogP contribution >= 0.6 is 0 Å². The number of carboxylic acids is 1. The van der Waals surface area contributed by atoms with Crippen molar-refractivity contribution in [2.24, 2.45) is 0 Å². The molecule has 4 nitrogen and oxygen atoms in total. The van der Waals surface area contributed by atoms with Crippen LogP contribution in [0.1, 0.15) is 29.5 Å². The van der Waals surface area contributed by atoms with Crippen molar-refractivity contribution in [1.29, 1.82) is 0 Å². The Labute approximate surface area is 143 Å². The normalized spacial score (nSPS) is 11.4. The van der Waals surface area contributed by atoms with Crippen LogP contribution in [0, 0.1) is 6.92 Å². The second kappa shape index (κ2) is 8.11. The van der Waals surface area contributed by atoms with Crippen molar-refractivity contribution in [1.82, 2.24) is 0 Å². The van der Waals surface area contributed by atoms with E-state index in [9.17, 15) is 13.2 Å². The fraction of sp³-hybridized carbons (Fsp3) is 0.316. The van der Waals surface area contributed by atoms with E-state index < -0.39 is 15.8 Å². The number of aliphatic carboxylic acids is 1. The summed E-state index contributed by atoms with van der Waals surface area (Å²) in [4.78, 5) is 11.1. The number of carboxylic acid groups (broad SMARTS) is 1. The van der Waals surface area contributed by atoms with Gasteiger partial charge in [0.15, 0.2) is 9.84 Å². The van der Waals surface area contributed by atoms with Crippen LogP contribution in [-0.2, 0) is 27.5 Å². The number of hydrogen-bond donors (Lipinski definition) is 1. The molecule has 0 saturated carbocycles. The number of unbranched alkanes of at least 4 members (excludes halogenated alkanes) is 1. The molecule has 0 aromatic heterocycles. The van der Waals surface area contributed by atoms with Crippen molar-refractivity contribution in [3.05, 3.63) is 65.2 Å². The lowest BCUT2D eigenvalue weighted by molar-refractivity contribution is -0.136. The predicted octanol–water partition coefficient (Wildman–Crippen LogP) is 3.42. The molecule has 0 spiro atoms. The first-order valence-electron chi connectivity index (χ1n) is 7.96. The summed E-state index contributed by atoms with van der Waals surface area (Å²) in [5, 5.41) is 8.74. The molecule has 0 unspecified atom stereocenters. The zero-order valence-electron chi connectivity index (χ0n) is 13.7. The Morgan fingerprint density at radius 3 is 2.21 bits per heavy atom. The number of sulfone groups is 1. The maximum atomic E-state index is 12.4. The maximum Gasteiger partial charge on any atom is 0.307 e. The molecule has 128 valence electrons. The van der Waals surface area contributed by atoms with Crippen molar-refractivity contribution < 1.29 is 18.3 Å². The van der Waals surface area contributed by atoms with E-state index >= 15 is 0 Å². The topological polar surface area (TPSA) is 71.4 Å². The van der Waals surface area contributed by atoms with E-state index in [4.69, 9.17) is 5.11 Å². The van der Waals surface area contributed by atoms with Crippen LogP contribution in [0.15, 0.2) is 53.4 Å². The van der Waals surface area contributed by atoms with Gasteiger partial charge in [0, 0.05) is 0 Å². The molecule has 1 N–H and O–H groups in total. The number of carbonyl (C=O) groups is 1. The highest BCUT2D eigenvalue weighted by Crippen LogP contribution is 2.17. The van der Waals surface area contributed by atoms with Crippen LogP contribution in [0.25, 0.3) is 0 Å². The third kappa shape index (κ3) is 5.20. The fourth-order valence-electron chi connectivity index (χ4n) is 2.63. The Hall–Kier alpha value is -2.14. The predicted molar refractivity (Wildman–Crippen MR) is 94.0 cm³/mol. The van der Waals surface area contributed by atoms with Gasteiger partial charge in [-0.1, -0.05) is 42.5 Å². The van der Waals surface area contributed by atoms with Crippen LogP contribution in [0.5, 0.6) is 0 Å². The zero-order valence-corrected chi connectivity index (χ0v) is 14.6. The van der Waals surface area contributed by atoms with Gasteiger partial charge in [-0.3, -0.25) is 4.79 Å². The summed E-state index contributed by atoms with van der Waals surface area (Å²) in [6, 6.07) is 14.5. The van der Waals surface area contributed by atoms with Gasteiger partial charge in [-0.25, -0.2) is 8.42 Å². The molecule has 0 bridgehead atoms. The fourth-order valence-corrected chi connectivity index (χ4v) is 4.28. The minimum Gasteiger partial charge on any atom is -0.481 e. The van der Waals surface area contributed by atoms with E-state index in [1.807, 2.05) is 43.3 Å². The number of aryl methyl sites for hydroxylation is 2. The third-order valence-corrected chi connectivity index (χ3v) is 5.89. The molecule has 0 radical (unpaired) electrons. The second-order valence-electron chi connectivity index (χ2n) is 5.93. The van der Waals surface area contributed by atoms with Crippen molar-refractivity contribution >= 4 is 15.8 Å². The van der Waals surface area contributed by atoms with Gasteiger partial charge in [0.25, 0.3) is 0 Å². The average Bonchev–Trinajstić information content (AvgIpc) is 2.53. The second-order valence-corrected chi connectivity index (χ2v) is 8.01. The molecular weight excluding hydrogens is 324 g/mol. The summed E-state index contributed by atoms with van der Waals surface area (Å²) in [5.41, 5.74) is 2.65. The van der Waals surface area contributed by atoms with Crippen LogP contribution < -0.4 is 0 Å². The Bertz CT molecular complexity index is 792. The van der Waals surface area contributed by atoms with Gasteiger partial charge >= 0.3 is 5.97 Å². The lowest BCUT2D eigenvalue weighted by atomic mass is 10.1. The molecule has 0 fully saturated rings. The lowest BCUT2D eigenvalue weighted by Gasteiger charge is -2.07. The third-order valence-electron chi connectivity index (χ3n) is 3.94. The van der Waals surface area contributed by atoms with E-state index in [1.54, 1.807) is 12.1 Å². The first kappa shape index (κ1) is 18.2. The molecule has 24 heavy (non-hydrogen) atoms. The van der Waals surface area contributed by atoms with Gasteiger partial charge < -0.3 is 5.11 Å². The van der Waals surface area contributed by atoms with Crippen molar-refractivity contribution in [2.75, 3.05) is 5.75 Å². The Morgan fingerprint density at radius 1 is 0.958 bits per heavy atom. The van der Waals surface area contributed by atoms with Crippen LogP contribution in [0.3, 0.4) is 0 Å². The quantitative estimate of drug-likeness (QED) is 0.744. The molecule has 2 aromatic carbocycles. The minimum atomic E-state index is -3.23. The van der Waals surface area contributed by atoms with Gasteiger partial charge in [-0.2, -0.15) is 0 Å². The minimum absolute atomic E-state index is 0.0228. The van der Waals surface area contributed by atoms with E-state index in [-0.39, 0.29) is 12.2 Å². The smallest absolute Gasteiger partial charge is 0.307 e. The van der Waals surface area contributed by atoms with Crippen molar-refractivity contribution in [3.63, 3.8) is 0 Å². The highest BCUT2D eigenvalue weighted by atomic mass is 32.2. The van der Waals surface area contributed by atoms with Crippen molar-refractivity contribution in [2.45, 2.75) is 37.5 Å². The first-order valence-corrected chi connectivity index (χ1v) is 9.62. The lowest BCUT2D eigenvalue weighted by Crippen LogP contribution is -2.08. The van der Waals surface area contributed by atoms with Gasteiger partial charge in [0.1, 0.15) is 0 Å². The number of hydrogen-bond acceptors (Lipinski definition) is 3. The van der Waals surface area contributed by atoms with Gasteiger partial charge in [-0.05, 0) is 48.9 Å². The first-order chi connectivity index (χ1) is 11.4. The summed E-state index contributed by atoms with van der Waals surface area (Å²) in [6.45, 7) is 1.81. The molecule has 2 rings (SSSR count). The van der Waals surface area contributed by atoms with Gasteiger partial charge in [0.2, 0.25) is 0 Å². The zero-order chi connectivity index (χ0) is 17.6. The Balaban J connectivity index is 1.84. The molecule has 0 aliphatic carbocycles. The number of benzene rings is 2. The SMILES string of the molecule is Cc1ccccc1S(=O)(=O)CCCCc1ccc(CC(=O)O)cc1. The highest BCUT2D eigenvalue weighted by Gasteiger charge is 2.15. The summed E-state index contributed by atoms with van der Waals surface area (Å²) in [7, 11) is -3.23. The average molecular weight is 346 g/mol. The summed E-state index contributed by atoms with van der Waals surface area (Å²) < 4.78 is 24.7. The molecule has 0 atom stereocenters. The van der Waals surface area contributed by atoms with Crippen molar-refractivity contribution in [3.8, 4) is 0 Å². The highest BCUT2D eigenvalue weighted by molar-refractivity contribution is 7.91. The van der Waals surface area contributed by atoms with Crippen LogP contribution in [0.4, 0.5) is 0 Å². The summed E-state index contributed by atoms with van der Waals surface area (Å²) in [6.07, 6.45) is 2.20. The summed E-state index contributed by atoms with van der Waals surface area (Å²) in [5.74, 6) is -0.696. The molecule has 2 aromatic rings. The van der Waals surface area contributed by atoms with Gasteiger partial charge in [0.05, 0.1) is 17.1 Å². The molecular formula is C19H22O4S. The standard InChI is InChI=1S/C19H22O4S/c1-15-6-2-3-8-18(15)24(22,23)13-5-4-7-16-9-11-17(12-10-16)14-19(20)21/h2-3,6,8-12H,4-5,7,13-14H2,1H3,(H,20,21). The van der Waals surface area contributed by atoms with E-state index in [0.29, 0.717) is 11.3 Å². The maximum absolute atomic E-state index is 12.4. The molecule has 0 aliphatic rings. The largest absolute Gasteiger partial charge is 0.481 e. The van der Waals surface area contributed by atoms with E-state index in [2.05, 4.69) is 0 Å². The monoisotopic (exact) mass is 346 g/mol. The molecule has 0 aliphatic heterocycles. The molecule has 0 saturated heterocycles. The van der Waals surface area contributed by atoms with E-state index in [0.717, 1.165) is 29.5 Å². The molecule has 0 heterocycles. The Kier molecular flexibility index (Phi) is 6.15. The number of rotatable bonds is 8. The van der Waals surface area contributed by atoms with Crippen LogP contribution in [0.2, 0.25) is 0 Å². The molecule has 0 amide bonds.